The summed E-state index contributed by atoms with van der Waals surface area (Å²) in [5, 5.41) is 5.00. The first-order valence-electron chi connectivity index (χ1n) is 8.44. The Morgan fingerprint density at radius 3 is 2.46 bits per heavy atom. The summed E-state index contributed by atoms with van der Waals surface area (Å²) in [6, 6.07) is 21.6. The van der Waals surface area contributed by atoms with Crippen LogP contribution >= 0.6 is 11.6 Å². The van der Waals surface area contributed by atoms with Crippen LogP contribution < -0.4 is 10.2 Å². The molecular weight excluding hydrogens is 344 g/mol. The van der Waals surface area contributed by atoms with Gasteiger partial charge in [-0.25, -0.2) is 0 Å². The SMILES string of the molecule is Cc1ccc(NN=Cc2ccc(OCc3ccccc3Cl)cc2)cc1C. The molecule has 0 aliphatic rings. The molecule has 3 nitrogen and oxygen atoms in total. The number of hydrogen-bond donors (Lipinski definition) is 1. The van der Waals surface area contributed by atoms with Gasteiger partial charge in [0.25, 0.3) is 0 Å². The standard InChI is InChI=1S/C22H21ClN2O/c1-16-7-10-20(13-17(16)2)25-24-14-18-8-11-21(12-9-18)26-15-19-5-3-4-6-22(19)23/h3-14,25H,15H2,1-2H3. The monoisotopic (exact) mass is 364 g/mol. The van der Waals surface area contributed by atoms with Crippen LogP contribution in [0.15, 0.2) is 71.8 Å². The van der Waals surface area contributed by atoms with E-state index >= 15 is 0 Å². The number of rotatable bonds is 6. The normalized spacial score (nSPS) is 10.9. The molecule has 0 amide bonds. The number of hydrazone groups is 1. The first-order chi connectivity index (χ1) is 12.6. The number of nitrogens with zero attached hydrogens (tertiary/aromatic N) is 1. The maximum atomic E-state index is 6.14. The summed E-state index contributed by atoms with van der Waals surface area (Å²) in [7, 11) is 0. The Morgan fingerprint density at radius 1 is 0.962 bits per heavy atom. The summed E-state index contributed by atoms with van der Waals surface area (Å²) in [6.07, 6.45) is 1.78. The average molecular weight is 365 g/mol. The van der Waals surface area contributed by atoms with Crippen LogP contribution in [0.4, 0.5) is 5.69 Å². The first kappa shape index (κ1) is 18.0. The lowest BCUT2D eigenvalue weighted by Gasteiger charge is -2.08. The Bertz CT molecular complexity index is 904. The summed E-state index contributed by atoms with van der Waals surface area (Å²) in [4.78, 5) is 0. The predicted molar refractivity (Wildman–Crippen MR) is 109 cm³/mol. The van der Waals surface area contributed by atoms with Crippen molar-refractivity contribution in [2.45, 2.75) is 20.5 Å². The molecule has 0 aliphatic heterocycles. The molecule has 0 bridgehead atoms. The molecule has 3 rings (SSSR count). The van der Waals surface area contributed by atoms with E-state index in [1.807, 2.05) is 54.6 Å². The van der Waals surface area contributed by atoms with Crippen molar-refractivity contribution in [3.63, 3.8) is 0 Å². The molecule has 0 aliphatic carbocycles. The minimum Gasteiger partial charge on any atom is -0.489 e. The van der Waals surface area contributed by atoms with Gasteiger partial charge in [0.2, 0.25) is 0 Å². The van der Waals surface area contributed by atoms with E-state index in [1.165, 1.54) is 11.1 Å². The second kappa shape index (κ2) is 8.54. The van der Waals surface area contributed by atoms with Crippen molar-refractivity contribution in [2.75, 3.05) is 5.43 Å². The van der Waals surface area contributed by atoms with Crippen LogP contribution in [-0.2, 0) is 6.61 Å². The number of anilines is 1. The second-order valence-corrected chi connectivity index (χ2v) is 6.53. The number of aryl methyl sites for hydroxylation is 2. The van der Waals surface area contributed by atoms with E-state index in [2.05, 4.69) is 36.5 Å². The summed E-state index contributed by atoms with van der Waals surface area (Å²) >= 11 is 6.14. The first-order valence-corrected chi connectivity index (χ1v) is 8.82. The van der Waals surface area contributed by atoms with Gasteiger partial charge in [-0.2, -0.15) is 5.10 Å². The van der Waals surface area contributed by atoms with Crippen LogP contribution in [0.1, 0.15) is 22.3 Å². The highest BCUT2D eigenvalue weighted by Crippen LogP contribution is 2.19. The third-order valence-electron chi connectivity index (χ3n) is 4.15. The fraction of sp³-hybridized carbons (Fsp3) is 0.136. The van der Waals surface area contributed by atoms with Crippen molar-refractivity contribution in [1.29, 1.82) is 0 Å². The zero-order chi connectivity index (χ0) is 18.4. The largest absolute Gasteiger partial charge is 0.489 e. The molecule has 3 aromatic rings. The quantitative estimate of drug-likeness (QED) is 0.431. The minimum absolute atomic E-state index is 0.446. The molecule has 0 saturated carbocycles. The smallest absolute Gasteiger partial charge is 0.119 e. The molecule has 132 valence electrons. The Hall–Kier alpha value is -2.78. The maximum Gasteiger partial charge on any atom is 0.119 e. The Balaban J connectivity index is 1.55. The van der Waals surface area contributed by atoms with Crippen LogP contribution in [0, 0.1) is 13.8 Å². The van der Waals surface area contributed by atoms with Gasteiger partial charge in [-0.05, 0) is 73.0 Å². The summed E-state index contributed by atoms with van der Waals surface area (Å²) in [5.74, 6) is 0.796. The summed E-state index contributed by atoms with van der Waals surface area (Å²) in [6.45, 7) is 4.63. The zero-order valence-corrected chi connectivity index (χ0v) is 15.6. The van der Waals surface area contributed by atoms with E-state index in [9.17, 15) is 0 Å². The molecule has 26 heavy (non-hydrogen) atoms. The van der Waals surface area contributed by atoms with Crippen LogP contribution in [0.25, 0.3) is 0 Å². The summed E-state index contributed by atoms with van der Waals surface area (Å²) < 4.78 is 5.78. The Kier molecular flexibility index (Phi) is 5.92. The van der Waals surface area contributed by atoms with Gasteiger partial charge in [0.15, 0.2) is 0 Å². The van der Waals surface area contributed by atoms with Gasteiger partial charge in [-0.15, -0.1) is 0 Å². The van der Waals surface area contributed by atoms with E-state index in [-0.39, 0.29) is 0 Å². The average Bonchev–Trinajstić information content (AvgIpc) is 2.65. The van der Waals surface area contributed by atoms with Crippen molar-refractivity contribution < 1.29 is 4.74 Å². The van der Waals surface area contributed by atoms with Crippen LogP contribution in [0.5, 0.6) is 5.75 Å². The number of hydrogen-bond acceptors (Lipinski definition) is 3. The maximum absolute atomic E-state index is 6.14. The Labute approximate surface area is 159 Å². The molecule has 4 heteroatoms. The molecule has 0 spiro atoms. The zero-order valence-electron chi connectivity index (χ0n) is 14.9. The molecule has 3 aromatic carbocycles. The fourth-order valence-corrected chi connectivity index (χ4v) is 2.61. The lowest BCUT2D eigenvalue weighted by atomic mass is 10.1. The topological polar surface area (TPSA) is 33.6 Å². The van der Waals surface area contributed by atoms with Crippen molar-refractivity contribution in [3.05, 3.63) is 94.0 Å². The van der Waals surface area contributed by atoms with E-state index in [1.54, 1.807) is 6.21 Å². The van der Waals surface area contributed by atoms with Crippen LogP contribution in [0.3, 0.4) is 0 Å². The van der Waals surface area contributed by atoms with Gasteiger partial charge in [-0.3, -0.25) is 5.43 Å². The molecule has 0 heterocycles. The highest BCUT2D eigenvalue weighted by atomic mass is 35.5. The predicted octanol–water partition coefficient (Wildman–Crippen LogP) is 5.98. The van der Waals surface area contributed by atoms with E-state index in [0.29, 0.717) is 11.6 Å². The van der Waals surface area contributed by atoms with E-state index in [0.717, 1.165) is 22.6 Å². The number of benzene rings is 3. The van der Waals surface area contributed by atoms with Crippen LogP contribution in [-0.4, -0.2) is 6.21 Å². The third kappa shape index (κ3) is 4.87. The van der Waals surface area contributed by atoms with Crippen molar-refractivity contribution in [2.24, 2.45) is 5.10 Å². The van der Waals surface area contributed by atoms with Gasteiger partial charge in [0, 0.05) is 10.6 Å². The molecule has 1 N–H and O–H groups in total. The lowest BCUT2D eigenvalue weighted by molar-refractivity contribution is 0.306. The van der Waals surface area contributed by atoms with Gasteiger partial charge >= 0.3 is 0 Å². The molecule has 0 atom stereocenters. The molecule has 0 unspecified atom stereocenters. The minimum atomic E-state index is 0.446. The van der Waals surface area contributed by atoms with Gasteiger partial charge < -0.3 is 4.74 Å². The highest BCUT2D eigenvalue weighted by molar-refractivity contribution is 6.31. The number of ether oxygens (including phenoxy) is 1. The number of halogens is 1. The molecule has 0 fully saturated rings. The van der Waals surface area contributed by atoms with E-state index in [4.69, 9.17) is 16.3 Å². The Morgan fingerprint density at radius 2 is 1.73 bits per heavy atom. The van der Waals surface area contributed by atoms with Gasteiger partial charge in [-0.1, -0.05) is 35.9 Å². The van der Waals surface area contributed by atoms with Crippen LogP contribution in [0.2, 0.25) is 5.02 Å². The molecule has 0 radical (unpaired) electrons. The van der Waals surface area contributed by atoms with Gasteiger partial charge in [0.05, 0.1) is 11.9 Å². The van der Waals surface area contributed by atoms with Gasteiger partial charge in [0.1, 0.15) is 12.4 Å². The van der Waals surface area contributed by atoms with Crippen molar-refractivity contribution in [1.82, 2.24) is 0 Å². The van der Waals surface area contributed by atoms with Crippen molar-refractivity contribution in [3.8, 4) is 5.75 Å². The van der Waals surface area contributed by atoms with Crippen molar-refractivity contribution >= 4 is 23.5 Å². The summed E-state index contributed by atoms with van der Waals surface area (Å²) in [5.41, 5.74) is 8.50. The highest BCUT2D eigenvalue weighted by Gasteiger charge is 2.00. The second-order valence-electron chi connectivity index (χ2n) is 6.12. The fourth-order valence-electron chi connectivity index (χ4n) is 2.42. The number of nitrogens with one attached hydrogen (secondary N) is 1. The molecule has 0 saturated heterocycles. The molecular formula is C22H21ClN2O. The van der Waals surface area contributed by atoms with E-state index < -0.39 is 0 Å². The lowest BCUT2D eigenvalue weighted by Crippen LogP contribution is -1.96. The molecule has 0 aromatic heterocycles. The third-order valence-corrected chi connectivity index (χ3v) is 4.52.